The zero-order valence-corrected chi connectivity index (χ0v) is 23.5. The predicted molar refractivity (Wildman–Crippen MR) is 168 cm³/mol. The topological polar surface area (TPSA) is 21.7 Å². The van der Waals surface area contributed by atoms with Crippen LogP contribution in [0.25, 0.3) is 22.3 Å². The molecule has 1 fully saturated rings. The van der Waals surface area contributed by atoms with E-state index in [1.807, 2.05) is 0 Å². The first-order chi connectivity index (χ1) is 19.3. The molecule has 3 nitrogen and oxygen atoms in total. The molecular weight excluding hydrogens is 489 g/mol. The molecule has 0 amide bonds. The lowest BCUT2D eigenvalue weighted by atomic mass is 9.79. The molecule has 1 aliphatic heterocycles. The molecule has 1 aliphatic rings. The number of benzene rings is 5. The highest BCUT2D eigenvalue weighted by Gasteiger charge is 2.51. The Morgan fingerprint density at radius 3 is 1.35 bits per heavy atom. The van der Waals surface area contributed by atoms with Gasteiger partial charge in [0, 0.05) is 17.1 Å². The van der Waals surface area contributed by atoms with Crippen molar-refractivity contribution in [3.05, 3.63) is 133 Å². The largest absolute Gasteiger partial charge is 0.494 e. The Hall–Kier alpha value is -4.12. The van der Waals surface area contributed by atoms with E-state index in [-0.39, 0.29) is 11.2 Å². The average Bonchev–Trinajstić information content (AvgIpc) is 3.21. The SMILES string of the molecule is CC1(C)OB(c2ccc(N(c3ccccc3)c3cc(-c4ccccc4)cc(-c4ccccc4)c3)cc2)OC1(C)C. The molecule has 0 spiro atoms. The van der Waals surface area contributed by atoms with Crippen molar-refractivity contribution in [3.63, 3.8) is 0 Å². The number of para-hydroxylation sites is 1. The summed E-state index contributed by atoms with van der Waals surface area (Å²) in [6.07, 6.45) is 0. The summed E-state index contributed by atoms with van der Waals surface area (Å²) in [5, 5.41) is 0. The first kappa shape index (κ1) is 26.1. The molecule has 4 heteroatoms. The van der Waals surface area contributed by atoms with Gasteiger partial charge in [0.15, 0.2) is 0 Å². The van der Waals surface area contributed by atoms with Crippen LogP contribution in [0.3, 0.4) is 0 Å². The average molecular weight is 523 g/mol. The molecule has 40 heavy (non-hydrogen) atoms. The fraction of sp³-hybridized carbons (Fsp3) is 0.167. The quantitative estimate of drug-likeness (QED) is 0.208. The molecule has 0 unspecified atom stereocenters. The summed E-state index contributed by atoms with van der Waals surface area (Å²) in [5.41, 5.74) is 8.23. The Morgan fingerprint density at radius 2 is 0.875 bits per heavy atom. The van der Waals surface area contributed by atoms with Crippen molar-refractivity contribution >= 4 is 29.6 Å². The summed E-state index contributed by atoms with van der Waals surface area (Å²) < 4.78 is 12.6. The summed E-state index contributed by atoms with van der Waals surface area (Å²) in [5.74, 6) is 0. The normalized spacial score (nSPS) is 15.7. The summed E-state index contributed by atoms with van der Waals surface area (Å²) in [4.78, 5) is 2.31. The lowest BCUT2D eigenvalue weighted by Crippen LogP contribution is -2.41. The fourth-order valence-corrected chi connectivity index (χ4v) is 5.12. The number of anilines is 3. The van der Waals surface area contributed by atoms with E-state index in [4.69, 9.17) is 9.31 Å². The second-order valence-corrected chi connectivity index (χ2v) is 11.4. The van der Waals surface area contributed by atoms with Crippen LogP contribution in [0, 0.1) is 0 Å². The molecule has 5 aromatic carbocycles. The summed E-state index contributed by atoms with van der Waals surface area (Å²) in [6.45, 7) is 8.34. The third kappa shape index (κ3) is 5.09. The van der Waals surface area contributed by atoms with Crippen LogP contribution >= 0.6 is 0 Å². The van der Waals surface area contributed by atoms with Gasteiger partial charge in [0.25, 0.3) is 0 Å². The predicted octanol–water partition coefficient (Wildman–Crippen LogP) is 8.79. The van der Waals surface area contributed by atoms with Crippen molar-refractivity contribution in [3.8, 4) is 22.3 Å². The number of nitrogens with zero attached hydrogens (tertiary/aromatic N) is 1. The third-order valence-corrected chi connectivity index (χ3v) is 8.08. The van der Waals surface area contributed by atoms with E-state index in [9.17, 15) is 0 Å². The smallest absolute Gasteiger partial charge is 0.399 e. The van der Waals surface area contributed by atoms with Gasteiger partial charge >= 0.3 is 7.12 Å². The molecular formula is C36H34BNO2. The van der Waals surface area contributed by atoms with Gasteiger partial charge in [0.2, 0.25) is 0 Å². The number of hydrogen-bond acceptors (Lipinski definition) is 3. The van der Waals surface area contributed by atoms with Crippen molar-refractivity contribution in [2.24, 2.45) is 0 Å². The maximum atomic E-state index is 6.31. The molecule has 198 valence electrons. The second kappa shape index (κ2) is 10.5. The molecule has 1 heterocycles. The Kier molecular flexibility index (Phi) is 6.83. The standard InChI is InChI=1S/C36H34BNO2/c1-35(2)36(3,4)40-37(39-35)31-20-22-33(23-21-31)38(32-18-12-7-13-19-32)34-25-29(27-14-8-5-9-15-27)24-30(26-34)28-16-10-6-11-17-28/h5-26H,1-4H3. The summed E-state index contributed by atoms with van der Waals surface area (Å²) in [7, 11) is -0.393. The van der Waals surface area contributed by atoms with Gasteiger partial charge in [-0.1, -0.05) is 91.0 Å². The lowest BCUT2D eigenvalue weighted by Gasteiger charge is -2.32. The molecule has 0 saturated carbocycles. The van der Waals surface area contributed by atoms with Crippen LogP contribution in [0.1, 0.15) is 27.7 Å². The zero-order valence-electron chi connectivity index (χ0n) is 23.5. The zero-order chi connectivity index (χ0) is 27.7. The van der Waals surface area contributed by atoms with E-state index in [0.29, 0.717) is 0 Å². The van der Waals surface area contributed by atoms with Gasteiger partial charge in [-0.25, -0.2) is 0 Å². The van der Waals surface area contributed by atoms with E-state index in [2.05, 4.69) is 166 Å². The molecule has 6 rings (SSSR count). The Bertz CT molecular complexity index is 1510. The van der Waals surface area contributed by atoms with Crippen LogP contribution in [0.15, 0.2) is 133 Å². The summed E-state index contributed by atoms with van der Waals surface area (Å²) in [6, 6.07) is 47.1. The first-order valence-corrected chi connectivity index (χ1v) is 13.9. The molecule has 1 saturated heterocycles. The molecule has 0 atom stereocenters. The minimum atomic E-state index is -0.393. The highest BCUT2D eigenvalue weighted by molar-refractivity contribution is 6.62. The molecule has 0 N–H and O–H groups in total. The minimum absolute atomic E-state index is 0.377. The second-order valence-electron chi connectivity index (χ2n) is 11.4. The summed E-state index contributed by atoms with van der Waals surface area (Å²) >= 11 is 0. The van der Waals surface area contributed by atoms with Crippen LogP contribution in [-0.4, -0.2) is 18.3 Å². The van der Waals surface area contributed by atoms with E-state index >= 15 is 0 Å². The van der Waals surface area contributed by atoms with Crippen molar-refractivity contribution in [2.75, 3.05) is 4.90 Å². The number of rotatable bonds is 6. The molecule has 0 radical (unpaired) electrons. The van der Waals surface area contributed by atoms with Crippen molar-refractivity contribution in [1.82, 2.24) is 0 Å². The van der Waals surface area contributed by atoms with E-state index in [1.54, 1.807) is 0 Å². The van der Waals surface area contributed by atoms with Gasteiger partial charge in [-0.3, -0.25) is 0 Å². The van der Waals surface area contributed by atoms with E-state index < -0.39 is 7.12 Å². The highest BCUT2D eigenvalue weighted by atomic mass is 16.7. The van der Waals surface area contributed by atoms with Gasteiger partial charge in [-0.05, 0) is 97.9 Å². The van der Waals surface area contributed by atoms with E-state index in [1.165, 1.54) is 22.3 Å². The maximum Gasteiger partial charge on any atom is 0.494 e. The molecule has 5 aromatic rings. The van der Waals surface area contributed by atoms with Crippen molar-refractivity contribution in [1.29, 1.82) is 0 Å². The van der Waals surface area contributed by atoms with Gasteiger partial charge in [-0.2, -0.15) is 0 Å². The van der Waals surface area contributed by atoms with Crippen LogP contribution < -0.4 is 10.4 Å². The van der Waals surface area contributed by atoms with Crippen molar-refractivity contribution < 1.29 is 9.31 Å². The molecule has 0 aliphatic carbocycles. The van der Waals surface area contributed by atoms with Gasteiger partial charge in [0.1, 0.15) is 0 Å². The maximum absolute atomic E-state index is 6.31. The van der Waals surface area contributed by atoms with E-state index in [0.717, 1.165) is 22.5 Å². The molecule has 0 bridgehead atoms. The molecule has 0 aromatic heterocycles. The van der Waals surface area contributed by atoms with Crippen LogP contribution in [-0.2, 0) is 9.31 Å². The van der Waals surface area contributed by atoms with Crippen LogP contribution in [0.4, 0.5) is 17.1 Å². The minimum Gasteiger partial charge on any atom is -0.399 e. The third-order valence-electron chi connectivity index (χ3n) is 8.08. The first-order valence-electron chi connectivity index (χ1n) is 13.9. The Labute approximate surface area is 238 Å². The lowest BCUT2D eigenvalue weighted by molar-refractivity contribution is 0.00578. The highest BCUT2D eigenvalue weighted by Crippen LogP contribution is 2.40. The monoisotopic (exact) mass is 523 g/mol. The van der Waals surface area contributed by atoms with Crippen LogP contribution in [0.5, 0.6) is 0 Å². The van der Waals surface area contributed by atoms with Gasteiger partial charge < -0.3 is 14.2 Å². The van der Waals surface area contributed by atoms with Gasteiger partial charge in [-0.15, -0.1) is 0 Å². The van der Waals surface area contributed by atoms with Crippen molar-refractivity contribution in [2.45, 2.75) is 38.9 Å². The van der Waals surface area contributed by atoms with Gasteiger partial charge in [0.05, 0.1) is 11.2 Å². The fourth-order valence-electron chi connectivity index (χ4n) is 5.12. The number of hydrogen-bond donors (Lipinski definition) is 0. The van der Waals surface area contributed by atoms with Crippen LogP contribution in [0.2, 0.25) is 0 Å². The Morgan fingerprint density at radius 1 is 0.450 bits per heavy atom. The Balaban J connectivity index is 1.46.